The molecule has 102 valence electrons. The highest BCUT2D eigenvalue weighted by Crippen LogP contribution is 2.64. The van der Waals surface area contributed by atoms with E-state index in [0.29, 0.717) is 0 Å². The van der Waals surface area contributed by atoms with Crippen LogP contribution in [0.5, 0.6) is 0 Å². The van der Waals surface area contributed by atoms with Gasteiger partial charge in [-0.05, 0) is 13.8 Å². The van der Waals surface area contributed by atoms with E-state index in [1.807, 2.05) is 13.8 Å². The molecule has 2 unspecified atom stereocenters. The van der Waals surface area contributed by atoms with Crippen molar-refractivity contribution in [1.82, 2.24) is 0 Å². The van der Waals surface area contributed by atoms with Gasteiger partial charge in [0.05, 0.1) is 6.61 Å². The second-order valence-corrected chi connectivity index (χ2v) is 6.67. The average molecular weight is 289 g/mol. The van der Waals surface area contributed by atoms with E-state index in [-0.39, 0.29) is 6.61 Å². The lowest BCUT2D eigenvalue weighted by Crippen LogP contribution is -2.04. The number of rotatable bonds is 8. The van der Waals surface area contributed by atoms with Crippen LogP contribution in [-0.4, -0.2) is 20.8 Å². The van der Waals surface area contributed by atoms with Gasteiger partial charge in [-0.3, -0.25) is 13.6 Å². The van der Waals surface area contributed by atoms with Crippen LogP contribution in [0, 0.1) is 0 Å². The van der Waals surface area contributed by atoms with Gasteiger partial charge in [-0.15, -0.1) is 0 Å². The maximum absolute atomic E-state index is 11.8. The molecular formula is C7H17NO7P2. The summed E-state index contributed by atoms with van der Waals surface area (Å²) >= 11 is 0. The number of hydrogen-bond donors (Lipinski definition) is 1. The minimum absolute atomic E-state index is 0.0399. The molecule has 0 rings (SSSR count). The number of phosphoric ester groups is 1. The van der Waals surface area contributed by atoms with Gasteiger partial charge in [-0.2, -0.15) is 4.31 Å². The molecule has 2 atom stereocenters. The Morgan fingerprint density at radius 1 is 1.18 bits per heavy atom. The summed E-state index contributed by atoms with van der Waals surface area (Å²) in [6, 6.07) is 0. The second-order valence-electron chi connectivity index (χ2n) is 3.02. The summed E-state index contributed by atoms with van der Waals surface area (Å²) in [5.41, 5.74) is 0.942. The van der Waals surface area contributed by atoms with Crippen molar-refractivity contribution < 1.29 is 31.6 Å². The molecular weight excluding hydrogens is 272 g/mol. The number of nitrogens with two attached hydrogens (primary N) is 1. The third-order valence-electron chi connectivity index (χ3n) is 1.50. The molecule has 0 bridgehead atoms. The van der Waals surface area contributed by atoms with Gasteiger partial charge in [0, 0.05) is 14.2 Å². The molecule has 0 amide bonds. The molecule has 0 aliphatic rings. The molecule has 0 spiro atoms. The molecule has 8 nitrogen and oxygen atoms in total. The van der Waals surface area contributed by atoms with Gasteiger partial charge < -0.3 is 0 Å². The Kier molecular flexibility index (Phi) is 7.39. The summed E-state index contributed by atoms with van der Waals surface area (Å²) < 4.78 is 45.5. The number of hydrogen-bond acceptors (Lipinski definition) is 8. The Labute approximate surface area is 100 Å². The van der Waals surface area contributed by atoms with E-state index in [2.05, 4.69) is 18.0 Å². The standard InChI is InChI=1S/C7H17NO7P2/c1-7(2)5-6-13-16(9,11-3)15-17(10,12-4)14-8/h5H,6,8H2,1-4H3. The molecule has 0 aromatic heterocycles. The van der Waals surface area contributed by atoms with E-state index in [4.69, 9.17) is 10.4 Å². The molecule has 0 aromatic rings. The van der Waals surface area contributed by atoms with Gasteiger partial charge in [-0.1, -0.05) is 11.6 Å². The van der Waals surface area contributed by atoms with Crippen LogP contribution in [0.3, 0.4) is 0 Å². The SMILES string of the molecule is COP(=O)(ON)OP(=O)(OC)OCC=C(C)C. The molecule has 0 fully saturated rings. The molecule has 0 saturated carbocycles. The zero-order valence-electron chi connectivity index (χ0n) is 10.1. The molecule has 2 N–H and O–H groups in total. The summed E-state index contributed by atoms with van der Waals surface area (Å²) in [6.07, 6.45) is 1.63. The maximum atomic E-state index is 11.8. The van der Waals surface area contributed by atoms with E-state index >= 15 is 0 Å². The summed E-state index contributed by atoms with van der Waals surface area (Å²) in [6.45, 7) is 3.61. The van der Waals surface area contributed by atoms with Crippen molar-refractivity contribution in [3.05, 3.63) is 11.6 Å². The van der Waals surface area contributed by atoms with Gasteiger partial charge in [-0.25, -0.2) is 19.7 Å². The molecule has 0 aromatic carbocycles. The van der Waals surface area contributed by atoms with E-state index in [9.17, 15) is 9.13 Å². The topological polar surface area (TPSA) is 106 Å². The van der Waals surface area contributed by atoms with Crippen molar-refractivity contribution >= 4 is 15.6 Å². The minimum Gasteiger partial charge on any atom is -0.290 e. The van der Waals surface area contributed by atoms with Crippen molar-refractivity contribution in [3.8, 4) is 0 Å². The first-order chi connectivity index (χ1) is 7.81. The lowest BCUT2D eigenvalue weighted by atomic mass is 10.3. The van der Waals surface area contributed by atoms with E-state index < -0.39 is 15.6 Å². The van der Waals surface area contributed by atoms with Crippen LogP contribution >= 0.6 is 15.6 Å². The lowest BCUT2D eigenvalue weighted by Gasteiger charge is -2.18. The highest BCUT2D eigenvalue weighted by Gasteiger charge is 2.38. The predicted octanol–water partition coefficient (Wildman–Crippen LogP) is 2.39. The summed E-state index contributed by atoms with van der Waals surface area (Å²) in [4.78, 5) is 0. The molecule has 0 radical (unpaired) electrons. The molecule has 0 saturated heterocycles. The van der Waals surface area contributed by atoms with Crippen LogP contribution in [0.2, 0.25) is 0 Å². The monoisotopic (exact) mass is 289 g/mol. The fourth-order valence-corrected chi connectivity index (χ4v) is 2.93. The number of allylic oxidation sites excluding steroid dienone is 1. The first kappa shape index (κ1) is 17.0. The zero-order valence-corrected chi connectivity index (χ0v) is 11.9. The van der Waals surface area contributed by atoms with Crippen molar-refractivity contribution in [3.63, 3.8) is 0 Å². The van der Waals surface area contributed by atoms with Crippen LogP contribution in [0.25, 0.3) is 0 Å². The Morgan fingerprint density at radius 3 is 2.06 bits per heavy atom. The van der Waals surface area contributed by atoms with Crippen LogP contribution in [0.1, 0.15) is 13.8 Å². The largest absolute Gasteiger partial charge is 0.499 e. The van der Waals surface area contributed by atoms with Gasteiger partial charge in [0.15, 0.2) is 0 Å². The Balaban J connectivity index is 4.63. The highest BCUT2D eigenvalue weighted by atomic mass is 31.3. The molecule has 0 aliphatic carbocycles. The summed E-state index contributed by atoms with van der Waals surface area (Å²) in [5.74, 6) is 4.70. The Morgan fingerprint density at radius 2 is 1.71 bits per heavy atom. The van der Waals surface area contributed by atoms with E-state index in [1.165, 1.54) is 0 Å². The number of phosphoric acid groups is 2. The van der Waals surface area contributed by atoms with Crippen LogP contribution in [0.15, 0.2) is 11.6 Å². The van der Waals surface area contributed by atoms with Gasteiger partial charge in [0.25, 0.3) is 0 Å². The lowest BCUT2D eigenvalue weighted by molar-refractivity contribution is 0.137. The summed E-state index contributed by atoms with van der Waals surface area (Å²) in [7, 11) is -6.10. The first-order valence-corrected chi connectivity index (χ1v) is 7.42. The third-order valence-corrected chi connectivity index (χ3v) is 4.72. The fraction of sp³-hybridized carbons (Fsp3) is 0.714. The quantitative estimate of drug-likeness (QED) is 0.412. The third kappa shape index (κ3) is 6.45. The van der Waals surface area contributed by atoms with Crippen molar-refractivity contribution in [2.45, 2.75) is 13.8 Å². The van der Waals surface area contributed by atoms with Crippen molar-refractivity contribution in [2.75, 3.05) is 20.8 Å². The van der Waals surface area contributed by atoms with Gasteiger partial charge in [0.1, 0.15) is 0 Å². The van der Waals surface area contributed by atoms with Crippen LogP contribution < -0.4 is 5.90 Å². The minimum atomic E-state index is -4.14. The molecule has 0 heterocycles. The van der Waals surface area contributed by atoms with Crippen LogP contribution in [0.4, 0.5) is 0 Å². The van der Waals surface area contributed by atoms with E-state index in [0.717, 1.165) is 19.8 Å². The maximum Gasteiger partial charge on any atom is 0.499 e. The first-order valence-electron chi connectivity index (χ1n) is 4.50. The Hall–Kier alpha value is -0.0400. The highest BCUT2D eigenvalue weighted by molar-refractivity contribution is 7.62. The zero-order chi connectivity index (χ0) is 13.5. The predicted molar refractivity (Wildman–Crippen MR) is 61.0 cm³/mol. The average Bonchev–Trinajstić information content (AvgIpc) is 2.28. The van der Waals surface area contributed by atoms with Crippen LogP contribution in [-0.2, 0) is 31.6 Å². The molecule has 17 heavy (non-hydrogen) atoms. The van der Waals surface area contributed by atoms with Gasteiger partial charge >= 0.3 is 15.6 Å². The smallest absolute Gasteiger partial charge is 0.290 e. The fourth-order valence-electron chi connectivity index (χ4n) is 0.623. The van der Waals surface area contributed by atoms with Crippen molar-refractivity contribution in [2.24, 2.45) is 5.90 Å². The molecule has 0 aliphatic heterocycles. The normalized spacial score (nSPS) is 18.2. The Bertz CT molecular complexity index is 344. The molecule has 10 heteroatoms. The van der Waals surface area contributed by atoms with E-state index in [1.54, 1.807) is 6.08 Å². The summed E-state index contributed by atoms with van der Waals surface area (Å²) in [5, 5.41) is 0. The van der Waals surface area contributed by atoms with Crippen molar-refractivity contribution in [1.29, 1.82) is 0 Å². The van der Waals surface area contributed by atoms with Gasteiger partial charge in [0.2, 0.25) is 0 Å². The second kappa shape index (κ2) is 7.41.